The molecule has 1 amide bonds. The summed E-state index contributed by atoms with van der Waals surface area (Å²) in [5.41, 5.74) is 3.78. The topological polar surface area (TPSA) is 53.2 Å². The molecular formula is C19H17Cl2N3OS. The second-order valence-electron chi connectivity index (χ2n) is 6.01. The molecule has 0 spiro atoms. The molecule has 0 bridgehead atoms. The maximum atomic E-state index is 13.0. The minimum Gasteiger partial charge on any atom is -0.351 e. The van der Waals surface area contributed by atoms with Crippen molar-refractivity contribution < 1.29 is 4.79 Å². The van der Waals surface area contributed by atoms with Gasteiger partial charge in [-0.25, -0.2) is 0 Å². The highest BCUT2D eigenvalue weighted by Gasteiger charge is 2.30. The van der Waals surface area contributed by atoms with E-state index >= 15 is 0 Å². The molecule has 4 nitrogen and oxygen atoms in total. The summed E-state index contributed by atoms with van der Waals surface area (Å²) >= 11 is 17.4. The zero-order valence-corrected chi connectivity index (χ0v) is 16.5. The van der Waals surface area contributed by atoms with Crippen LogP contribution >= 0.6 is 35.4 Å². The highest BCUT2D eigenvalue weighted by Crippen LogP contribution is 2.32. The lowest BCUT2D eigenvalue weighted by atomic mass is 9.95. The molecule has 0 saturated carbocycles. The number of para-hydroxylation sites is 1. The predicted molar refractivity (Wildman–Crippen MR) is 111 cm³/mol. The number of halogens is 2. The molecule has 2 aromatic rings. The van der Waals surface area contributed by atoms with Crippen molar-refractivity contribution in [2.24, 2.45) is 0 Å². The van der Waals surface area contributed by atoms with Gasteiger partial charge in [0.25, 0.3) is 5.91 Å². The number of aryl methyl sites for hydroxylation is 1. The van der Waals surface area contributed by atoms with Crippen LogP contribution in [0.1, 0.15) is 24.1 Å². The fourth-order valence-corrected chi connectivity index (χ4v) is 3.42. The first-order valence-electron chi connectivity index (χ1n) is 7.97. The third kappa shape index (κ3) is 3.85. The third-order valence-corrected chi connectivity index (χ3v) is 5.14. The van der Waals surface area contributed by atoms with Gasteiger partial charge in [0.15, 0.2) is 5.11 Å². The molecule has 1 aliphatic heterocycles. The molecule has 2 aromatic carbocycles. The Hall–Kier alpha value is -2.08. The number of hydrogen-bond acceptors (Lipinski definition) is 2. The fraction of sp³-hybridized carbons (Fsp3) is 0.158. The molecule has 0 fully saturated rings. The molecule has 3 N–H and O–H groups in total. The number of amides is 1. The first kappa shape index (κ1) is 18.7. The Morgan fingerprint density at radius 1 is 1.12 bits per heavy atom. The summed E-state index contributed by atoms with van der Waals surface area (Å²) in [6, 6.07) is 12.5. The number of anilines is 1. The Balaban J connectivity index is 1.99. The van der Waals surface area contributed by atoms with Gasteiger partial charge in [0.05, 0.1) is 21.7 Å². The summed E-state index contributed by atoms with van der Waals surface area (Å²) in [5.74, 6) is -0.213. The highest BCUT2D eigenvalue weighted by atomic mass is 35.5. The van der Waals surface area contributed by atoms with Crippen molar-refractivity contribution in [1.29, 1.82) is 0 Å². The summed E-state index contributed by atoms with van der Waals surface area (Å²) in [7, 11) is 0. The number of allylic oxidation sites excluding steroid dienone is 1. The summed E-state index contributed by atoms with van der Waals surface area (Å²) in [5, 5.41) is 10.5. The molecule has 0 unspecified atom stereocenters. The predicted octanol–water partition coefficient (Wildman–Crippen LogP) is 4.73. The van der Waals surface area contributed by atoms with E-state index in [4.69, 9.17) is 35.4 Å². The molecule has 0 saturated heterocycles. The average Bonchev–Trinajstić information content (AvgIpc) is 2.58. The molecule has 1 aliphatic rings. The Bertz CT molecular complexity index is 927. The molecule has 0 radical (unpaired) electrons. The summed E-state index contributed by atoms with van der Waals surface area (Å²) in [6.45, 7) is 3.77. The fourth-order valence-electron chi connectivity index (χ4n) is 2.84. The van der Waals surface area contributed by atoms with Gasteiger partial charge in [0.1, 0.15) is 0 Å². The number of rotatable bonds is 3. The van der Waals surface area contributed by atoms with Gasteiger partial charge in [-0.3, -0.25) is 4.79 Å². The van der Waals surface area contributed by atoms with Gasteiger partial charge in [0.2, 0.25) is 0 Å². The van der Waals surface area contributed by atoms with Crippen LogP contribution in [0.3, 0.4) is 0 Å². The van der Waals surface area contributed by atoms with E-state index in [2.05, 4.69) is 16.0 Å². The van der Waals surface area contributed by atoms with Gasteiger partial charge >= 0.3 is 0 Å². The zero-order chi connectivity index (χ0) is 18.8. The van der Waals surface area contributed by atoms with Gasteiger partial charge in [-0.05, 0) is 55.4 Å². The van der Waals surface area contributed by atoms with Crippen molar-refractivity contribution in [3.8, 4) is 0 Å². The highest BCUT2D eigenvalue weighted by molar-refractivity contribution is 7.80. The van der Waals surface area contributed by atoms with Crippen LogP contribution in [0.2, 0.25) is 10.0 Å². The molecule has 7 heteroatoms. The number of carbonyl (C=O) groups is 1. The van der Waals surface area contributed by atoms with Gasteiger partial charge in [-0.1, -0.05) is 47.5 Å². The Morgan fingerprint density at radius 3 is 2.54 bits per heavy atom. The minimum atomic E-state index is -0.428. The average molecular weight is 406 g/mol. The normalized spacial score (nSPS) is 16.8. The van der Waals surface area contributed by atoms with Crippen molar-refractivity contribution >= 4 is 52.1 Å². The molecule has 0 aromatic heterocycles. The summed E-state index contributed by atoms with van der Waals surface area (Å²) < 4.78 is 0. The van der Waals surface area contributed by atoms with E-state index in [0.717, 1.165) is 16.8 Å². The third-order valence-electron chi connectivity index (χ3n) is 4.18. The second kappa shape index (κ2) is 7.66. The van der Waals surface area contributed by atoms with Crippen LogP contribution in [0.15, 0.2) is 53.7 Å². The SMILES string of the molecule is CC1=C(C(=O)Nc2ccccc2C)[C@@H](c2ccc(Cl)c(Cl)c2)NC(=S)N1. The van der Waals surface area contributed by atoms with E-state index < -0.39 is 6.04 Å². The summed E-state index contributed by atoms with van der Waals surface area (Å²) in [6.07, 6.45) is 0. The Morgan fingerprint density at radius 2 is 1.85 bits per heavy atom. The Labute approximate surface area is 167 Å². The molecular weight excluding hydrogens is 389 g/mol. The van der Waals surface area contributed by atoms with Gasteiger partial charge in [-0.2, -0.15) is 0 Å². The molecule has 3 rings (SSSR count). The quantitative estimate of drug-likeness (QED) is 0.645. The standard InChI is InChI=1S/C19H17Cl2N3OS/c1-10-5-3-4-6-15(10)23-18(25)16-11(2)22-19(26)24-17(16)12-7-8-13(20)14(21)9-12/h3-9,17H,1-2H3,(H,23,25)(H2,22,24,26)/t17-/m1/s1. The smallest absolute Gasteiger partial charge is 0.255 e. The molecule has 1 atom stereocenters. The lowest BCUT2D eigenvalue weighted by Gasteiger charge is -2.30. The van der Waals surface area contributed by atoms with Gasteiger partial charge < -0.3 is 16.0 Å². The van der Waals surface area contributed by atoms with Crippen LogP contribution in [-0.4, -0.2) is 11.0 Å². The van der Waals surface area contributed by atoms with Crippen LogP contribution in [0.4, 0.5) is 5.69 Å². The maximum Gasteiger partial charge on any atom is 0.255 e. The molecule has 134 valence electrons. The zero-order valence-electron chi connectivity index (χ0n) is 14.2. The second-order valence-corrected chi connectivity index (χ2v) is 7.24. The number of thiocarbonyl (C=S) groups is 1. The van der Waals surface area contributed by atoms with E-state index in [-0.39, 0.29) is 5.91 Å². The number of hydrogen-bond donors (Lipinski definition) is 3. The van der Waals surface area contributed by atoms with Crippen molar-refractivity contribution in [3.05, 3.63) is 74.9 Å². The van der Waals surface area contributed by atoms with Crippen molar-refractivity contribution in [1.82, 2.24) is 10.6 Å². The van der Waals surface area contributed by atoms with Crippen LogP contribution in [-0.2, 0) is 4.79 Å². The monoisotopic (exact) mass is 405 g/mol. The molecule has 1 heterocycles. The minimum absolute atomic E-state index is 0.213. The number of nitrogens with one attached hydrogen (secondary N) is 3. The van der Waals surface area contributed by atoms with Gasteiger partial charge in [-0.15, -0.1) is 0 Å². The number of carbonyl (C=O) groups excluding carboxylic acids is 1. The van der Waals surface area contributed by atoms with Crippen LogP contribution < -0.4 is 16.0 Å². The van der Waals surface area contributed by atoms with Crippen LogP contribution in [0.5, 0.6) is 0 Å². The van der Waals surface area contributed by atoms with E-state index in [9.17, 15) is 4.79 Å². The van der Waals surface area contributed by atoms with Crippen LogP contribution in [0.25, 0.3) is 0 Å². The Kier molecular flexibility index (Phi) is 5.51. The van der Waals surface area contributed by atoms with Crippen molar-refractivity contribution in [2.45, 2.75) is 19.9 Å². The van der Waals surface area contributed by atoms with E-state index in [0.29, 0.717) is 26.4 Å². The maximum absolute atomic E-state index is 13.0. The van der Waals surface area contributed by atoms with E-state index in [1.54, 1.807) is 12.1 Å². The van der Waals surface area contributed by atoms with Crippen molar-refractivity contribution in [2.75, 3.05) is 5.32 Å². The lowest BCUT2D eigenvalue weighted by Crippen LogP contribution is -2.45. The molecule has 26 heavy (non-hydrogen) atoms. The van der Waals surface area contributed by atoms with Crippen molar-refractivity contribution in [3.63, 3.8) is 0 Å². The van der Waals surface area contributed by atoms with E-state index in [1.807, 2.05) is 44.2 Å². The van der Waals surface area contributed by atoms with Crippen LogP contribution in [0, 0.1) is 6.92 Å². The van der Waals surface area contributed by atoms with Gasteiger partial charge in [0, 0.05) is 11.4 Å². The largest absolute Gasteiger partial charge is 0.351 e. The first-order chi connectivity index (χ1) is 12.4. The summed E-state index contributed by atoms with van der Waals surface area (Å²) in [4.78, 5) is 13.0. The first-order valence-corrected chi connectivity index (χ1v) is 9.13. The number of benzene rings is 2. The van der Waals surface area contributed by atoms with E-state index in [1.165, 1.54) is 0 Å². The molecule has 0 aliphatic carbocycles. The lowest BCUT2D eigenvalue weighted by molar-refractivity contribution is -0.113.